The minimum atomic E-state index is -0.403. The van der Waals surface area contributed by atoms with Crippen molar-refractivity contribution in [1.29, 1.82) is 0 Å². The van der Waals surface area contributed by atoms with E-state index in [0.29, 0.717) is 39.6 Å². The lowest BCUT2D eigenvalue weighted by molar-refractivity contribution is -0.146. The molecule has 7 nitrogen and oxygen atoms in total. The van der Waals surface area contributed by atoms with Crippen LogP contribution in [0.4, 0.5) is 0 Å². The van der Waals surface area contributed by atoms with Crippen molar-refractivity contribution in [2.24, 2.45) is 5.92 Å². The maximum atomic E-state index is 6.77. The first kappa shape index (κ1) is 33.9. The van der Waals surface area contributed by atoms with Crippen LogP contribution < -0.4 is 5.48 Å². The molecule has 0 aliphatic heterocycles. The molecule has 1 saturated carbocycles. The van der Waals surface area contributed by atoms with E-state index in [1.165, 1.54) is 0 Å². The first-order valence-corrected chi connectivity index (χ1v) is 16.3. The highest BCUT2D eigenvalue weighted by Crippen LogP contribution is 2.36. The normalized spacial score (nSPS) is 21.0. The molecule has 244 valence electrons. The summed E-state index contributed by atoms with van der Waals surface area (Å²) in [5.74, 6) is -0.149. The number of ether oxygens (including phenoxy) is 5. The lowest BCUT2D eigenvalue weighted by Crippen LogP contribution is -2.46. The summed E-state index contributed by atoms with van der Waals surface area (Å²) in [5, 5.41) is 0. The monoisotopic (exact) mass is 625 g/mol. The third-order valence-corrected chi connectivity index (χ3v) is 8.17. The number of unbranched alkanes of at least 4 members (excludes halogenated alkanes) is 1. The molecular weight excluding hydrogens is 578 g/mol. The van der Waals surface area contributed by atoms with Gasteiger partial charge in [0.1, 0.15) is 12.2 Å². The standard InChI is InChI=1S/C39H47NO6/c1-2-3-24-41-30-46-40-36-35(29-42-25-31-16-8-4-9-17-31)37(43-26-32-18-10-5-11-19-32)39(45-28-34-22-14-7-15-23-34)38(36)44-27-33-20-12-6-13-21-33/h4-23,35-40H,2-3,24-30H2,1H3/t35-,36-,37+,38-,39-/m0/s1. The molecule has 0 radical (unpaired) electrons. The molecule has 1 aliphatic carbocycles. The van der Waals surface area contributed by atoms with Gasteiger partial charge < -0.3 is 23.7 Å². The van der Waals surface area contributed by atoms with Crippen molar-refractivity contribution in [2.75, 3.05) is 20.0 Å². The molecule has 1 fully saturated rings. The summed E-state index contributed by atoms with van der Waals surface area (Å²) >= 11 is 0. The third kappa shape index (κ3) is 10.6. The largest absolute Gasteiger partial charge is 0.376 e. The molecule has 4 aromatic rings. The van der Waals surface area contributed by atoms with Crippen LogP contribution in [0.25, 0.3) is 0 Å². The molecule has 1 N–H and O–H groups in total. The topological polar surface area (TPSA) is 67.4 Å². The Kier molecular flexibility index (Phi) is 14.2. The Hall–Kier alpha value is -3.40. The molecule has 0 unspecified atom stereocenters. The second kappa shape index (κ2) is 19.3. The van der Waals surface area contributed by atoms with Gasteiger partial charge in [-0.05, 0) is 28.7 Å². The van der Waals surface area contributed by atoms with Gasteiger partial charge in [0, 0.05) is 12.5 Å². The average Bonchev–Trinajstić information content (AvgIpc) is 3.39. The maximum absolute atomic E-state index is 6.77. The van der Waals surface area contributed by atoms with Crippen LogP contribution in [0, 0.1) is 5.92 Å². The van der Waals surface area contributed by atoms with Crippen LogP contribution in [0.5, 0.6) is 0 Å². The van der Waals surface area contributed by atoms with Crippen molar-refractivity contribution in [2.45, 2.75) is 70.5 Å². The third-order valence-electron chi connectivity index (χ3n) is 8.17. The van der Waals surface area contributed by atoms with Gasteiger partial charge in [0.15, 0.2) is 6.79 Å². The van der Waals surface area contributed by atoms with Gasteiger partial charge in [-0.25, -0.2) is 0 Å². The van der Waals surface area contributed by atoms with Gasteiger partial charge in [0.2, 0.25) is 0 Å². The van der Waals surface area contributed by atoms with Crippen molar-refractivity contribution < 1.29 is 28.5 Å². The van der Waals surface area contributed by atoms with Crippen molar-refractivity contribution >= 4 is 0 Å². The Morgan fingerprint density at radius 3 is 1.48 bits per heavy atom. The summed E-state index contributed by atoms with van der Waals surface area (Å²) < 4.78 is 32.3. The van der Waals surface area contributed by atoms with Crippen LogP contribution in [0.1, 0.15) is 42.0 Å². The predicted octanol–water partition coefficient (Wildman–Crippen LogP) is 7.25. The molecule has 7 heteroatoms. The Morgan fingerprint density at radius 1 is 0.522 bits per heavy atom. The number of rotatable bonds is 20. The highest BCUT2D eigenvalue weighted by atomic mass is 16.8. The fourth-order valence-corrected chi connectivity index (χ4v) is 5.71. The van der Waals surface area contributed by atoms with E-state index < -0.39 is 12.2 Å². The van der Waals surface area contributed by atoms with Crippen LogP contribution in [0.15, 0.2) is 121 Å². The second-order valence-corrected chi connectivity index (χ2v) is 11.6. The van der Waals surface area contributed by atoms with Gasteiger partial charge in [0.25, 0.3) is 0 Å². The van der Waals surface area contributed by atoms with E-state index >= 15 is 0 Å². The Bertz CT molecular complexity index is 1340. The number of nitrogens with one attached hydrogen (secondary N) is 1. The molecule has 5 rings (SSSR count). The average molecular weight is 626 g/mol. The minimum absolute atomic E-state index is 0.130. The first-order chi connectivity index (χ1) is 22.8. The van der Waals surface area contributed by atoms with Gasteiger partial charge in [-0.3, -0.25) is 4.84 Å². The quantitative estimate of drug-likeness (QED) is 0.0630. The highest BCUT2D eigenvalue weighted by Gasteiger charge is 2.53. The van der Waals surface area contributed by atoms with Gasteiger partial charge in [-0.1, -0.05) is 135 Å². The Balaban J connectivity index is 1.40. The second-order valence-electron chi connectivity index (χ2n) is 11.6. The van der Waals surface area contributed by atoms with E-state index in [2.05, 4.69) is 60.9 Å². The maximum Gasteiger partial charge on any atom is 0.166 e. The number of benzene rings is 4. The van der Waals surface area contributed by atoms with Gasteiger partial charge in [-0.15, -0.1) is 0 Å². The summed E-state index contributed by atoms with van der Waals surface area (Å²) in [4.78, 5) is 5.94. The molecule has 5 atom stereocenters. The Morgan fingerprint density at radius 2 is 0.978 bits per heavy atom. The Labute approximate surface area is 273 Å². The van der Waals surface area contributed by atoms with Crippen molar-refractivity contribution in [3.05, 3.63) is 144 Å². The molecular formula is C39H47NO6. The molecule has 0 aromatic heterocycles. The zero-order valence-corrected chi connectivity index (χ0v) is 26.7. The summed E-state index contributed by atoms with van der Waals surface area (Å²) in [6.45, 7) is 5.10. The van der Waals surface area contributed by atoms with Gasteiger partial charge in [-0.2, -0.15) is 5.48 Å². The predicted molar refractivity (Wildman–Crippen MR) is 178 cm³/mol. The minimum Gasteiger partial charge on any atom is -0.376 e. The van der Waals surface area contributed by atoms with Crippen molar-refractivity contribution in [1.82, 2.24) is 5.48 Å². The lowest BCUT2D eigenvalue weighted by atomic mass is 10.0. The molecule has 0 saturated heterocycles. The highest BCUT2D eigenvalue weighted by molar-refractivity contribution is 5.17. The van der Waals surface area contributed by atoms with Crippen LogP contribution in [-0.2, 0) is 54.9 Å². The van der Waals surface area contributed by atoms with E-state index in [4.69, 9.17) is 28.5 Å². The smallest absolute Gasteiger partial charge is 0.166 e. The SMILES string of the molecule is CCCCOCON[C@H]1[C@H](COCc2ccccc2)[C@@H](OCc2ccccc2)[C@H](OCc2ccccc2)[C@H]1OCc1ccccc1. The van der Waals surface area contributed by atoms with Crippen LogP contribution >= 0.6 is 0 Å². The summed E-state index contributed by atoms with van der Waals surface area (Å²) in [7, 11) is 0. The zero-order valence-electron chi connectivity index (χ0n) is 26.7. The van der Waals surface area contributed by atoms with Crippen LogP contribution in [0.3, 0.4) is 0 Å². The number of hydrogen-bond donors (Lipinski definition) is 1. The van der Waals surface area contributed by atoms with Crippen molar-refractivity contribution in [3.8, 4) is 0 Å². The fourth-order valence-electron chi connectivity index (χ4n) is 5.71. The molecule has 46 heavy (non-hydrogen) atoms. The number of hydroxylamine groups is 1. The molecule has 0 heterocycles. The molecule has 0 bridgehead atoms. The van der Waals surface area contributed by atoms with Gasteiger partial charge in [0.05, 0.1) is 45.2 Å². The van der Waals surface area contributed by atoms with E-state index in [0.717, 1.165) is 35.1 Å². The van der Waals surface area contributed by atoms with Crippen LogP contribution in [0.2, 0.25) is 0 Å². The molecule has 4 aromatic carbocycles. The number of hydrogen-bond acceptors (Lipinski definition) is 7. The first-order valence-electron chi connectivity index (χ1n) is 16.3. The van der Waals surface area contributed by atoms with Gasteiger partial charge >= 0.3 is 0 Å². The summed E-state index contributed by atoms with van der Waals surface area (Å²) in [6.07, 6.45) is 0.900. The summed E-state index contributed by atoms with van der Waals surface area (Å²) in [5.41, 5.74) is 7.68. The van der Waals surface area contributed by atoms with Crippen LogP contribution in [-0.4, -0.2) is 44.4 Å². The van der Waals surface area contributed by atoms with E-state index in [1.54, 1.807) is 0 Å². The van der Waals surface area contributed by atoms with Crippen molar-refractivity contribution in [3.63, 3.8) is 0 Å². The molecule has 1 aliphatic rings. The van der Waals surface area contributed by atoms with E-state index in [1.807, 2.05) is 72.8 Å². The van der Waals surface area contributed by atoms with E-state index in [-0.39, 0.29) is 24.9 Å². The summed E-state index contributed by atoms with van der Waals surface area (Å²) in [6, 6.07) is 40.5. The zero-order chi connectivity index (χ0) is 31.7. The fraction of sp³-hybridized carbons (Fsp3) is 0.385. The van der Waals surface area contributed by atoms with E-state index in [9.17, 15) is 0 Å². The molecule has 0 amide bonds. The lowest BCUT2D eigenvalue weighted by Gasteiger charge is -2.27. The molecule has 0 spiro atoms.